The van der Waals surface area contributed by atoms with Crippen molar-refractivity contribution in [1.82, 2.24) is 20.1 Å². The van der Waals surface area contributed by atoms with Gasteiger partial charge in [-0.25, -0.2) is 9.37 Å². The second kappa shape index (κ2) is 10.7. The lowest BCUT2D eigenvalue weighted by Crippen LogP contribution is -2.39. The van der Waals surface area contributed by atoms with Gasteiger partial charge in [0.2, 0.25) is 5.89 Å². The summed E-state index contributed by atoms with van der Waals surface area (Å²) in [7, 11) is 0. The molecule has 0 atom stereocenters. The van der Waals surface area contributed by atoms with E-state index in [1.54, 1.807) is 32.6 Å². The van der Waals surface area contributed by atoms with E-state index in [0.717, 1.165) is 5.56 Å². The van der Waals surface area contributed by atoms with Gasteiger partial charge in [-0.05, 0) is 74.8 Å². The molecule has 1 saturated heterocycles. The molecule has 1 aliphatic rings. The van der Waals surface area contributed by atoms with Crippen molar-refractivity contribution < 1.29 is 28.6 Å². The summed E-state index contributed by atoms with van der Waals surface area (Å²) in [5.74, 6) is -1.08. The number of rotatable bonds is 7. The Morgan fingerprint density at radius 1 is 1.05 bits per heavy atom. The summed E-state index contributed by atoms with van der Waals surface area (Å²) in [6.45, 7) is 13.4. The molecule has 1 amide bonds. The maximum Gasteiger partial charge on any atom is 0.309 e. The molecule has 1 aromatic carbocycles. The second-order valence-corrected chi connectivity index (χ2v) is 13.6. The largest absolute Gasteiger partial charge is 0.481 e. The maximum atomic E-state index is 13.8. The Morgan fingerprint density at radius 3 is 2.25 bits per heavy atom. The van der Waals surface area contributed by atoms with Crippen molar-refractivity contribution in [3.8, 4) is 21.3 Å². The van der Waals surface area contributed by atoms with E-state index < -0.39 is 23.2 Å². The van der Waals surface area contributed by atoms with Crippen LogP contribution in [0.5, 0.6) is 0 Å². The van der Waals surface area contributed by atoms with Crippen molar-refractivity contribution in [2.45, 2.75) is 84.9 Å². The third kappa shape index (κ3) is 6.41. The fourth-order valence-corrected chi connectivity index (χ4v) is 5.33. The van der Waals surface area contributed by atoms with Crippen LogP contribution in [-0.4, -0.2) is 61.4 Å². The number of amides is 1. The lowest BCUT2D eigenvalue weighted by atomic mass is 9.82. The predicted molar refractivity (Wildman–Crippen MR) is 150 cm³/mol. The van der Waals surface area contributed by atoms with Crippen molar-refractivity contribution in [3.63, 3.8) is 0 Å². The molecule has 0 aliphatic carbocycles. The molecule has 2 N–H and O–H groups in total. The molecule has 1 fully saturated rings. The van der Waals surface area contributed by atoms with E-state index in [1.165, 1.54) is 11.3 Å². The zero-order valence-corrected chi connectivity index (χ0v) is 24.9. The number of aliphatic carboxylic acids is 1. The summed E-state index contributed by atoms with van der Waals surface area (Å²) in [5.41, 5.74) is 0.0913. The molecule has 1 aliphatic heterocycles. The van der Waals surface area contributed by atoms with Crippen LogP contribution in [0.4, 0.5) is 4.39 Å². The molecular formula is C29H37FN4O5S. The van der Waals surface area contributed by atoms with Gasteiger partial charge in [-0.2, -0.15) is 0 Å². The number of hydrogen-bond donors (Lipinski definition) is 2. The predicted octanol–water partition coefficient (Wildman–Crippen LogP) is 5.61. The summed E-state index contributed by atoms with van der Waals surface area (Å²) in [6.07, 6.45) is -0.362. The summed E-state index contributed by atoms with van der Waals surface area (Å²) >= 11 is 1.21. The minimum atomic E-state index is -1.13. The Kier molecular flexibility index (Phi) is 7.94. The van der Waals surface area contributed by atoms with Gasteiger partial charge in [0.15, 0.2) is 5.01 Å². The lowest BCUT2D eigenvalue weighted by molar-refractivity contribution is -0.147. The first-order chi connectivity index (χ1) is 18.5. The average Bonchev–Trinajstić information content (AvgIpc) is 3.50. The fourth-order valence-electron chi connectivity index (χ4n) is 4.36. The third-order valence-electron chi connectivity index (χ3n) is 7.13. The SMILES string of the molecule is CC(C)(Cc1nnc(-c2nc(C(=O)N3CCC(F)CC3)c(-c3cc(C(C)(C)C)cc(C(C)(C)O)c3)s2)o1)C(=O)O. The normalized spacial score (nSPS) is 15.5. The number of hydrogen-bond acceptors (Lipinski definition) is 8. The van der Waals surface area contributed by atoms with Gasteiger partial charge < -0.3 is 19.5 Å². The third-order valence-corrected chi connectivity index (χ3v) is 8.22. The molecule has 3 aromatic rings. The zero-order valence-electron chi connectivity index (χ0n) is 24.0. The highest BCUT2D eigenvalue weighted by atomic mass is 32.1. The maximum absolute atomic E-state index is 13.8. The first-order valence-electron chi connectivity index (χ1n) is 13.3. The van der Waals surface area contributed by atoms with Gasteiger partial charge in [-0.3, -0.25) is 9.59 Å². The molecule has 4 rings (SSSR count). The van der Waals surface area contributed by atoms with E-state index in [1.807, 2.05) is 18.2 Å². The summed E-state index contributed by atoms with van der Waals surface area (Å²) < 4.78 is 19.6. The van der Waals surface area contributed by atoms with Gasteiger partial charge in [-0.1, -0.05) is 26.8 Å². The second-order valence-electron chi connectivity index (χ2n) is 12.6. The quantitative estimate of drug-likeness (QED) is 0.374. The van der Waals surface area contributed by atoms with Gasteiger partial charge in [0.05, 0.1) is 15.9 Å². The molecule has 0 saturated carbocycles. The van der Waals surface area contributed by atoms with E-state index in [0.29, 0.717) is 21.0 Å². The first kappa shape index (κ1) is 29.8. The highest BCUT2D eigenvalue weighted by Crippen LogP contribution is 2.40. The molecule has 0 bridgehead atoms. The Morgan fingerprint density at radius 2 is 1.68 bits per heavy atom. The summed E-state index contributed by atoms with van der Waals surface area (Å²) in [5, 5.41) is 28.8. The van der Waals surface area contributed by atoms with Crippen LogP contribution >= 0.6 is 11.3 Å². The summed E-state index contributed by atoms with van der Waals surface area (Å²) in [4.78, 5) is 32.1. The van der Waals surface area contributed by atoms with E-state index in [9.17, 15) is 24.2 Å². The van der Waals surface area contributed by atoms with Gasteiger partial charge in [0.25, 0.3) is 11.8 Å². The molecule has 0 unspecified atom stereocenters. The number of nitrogens with zero attached hydrogens (tertiary/aromatic N) is 4. The number of aromatic nitrogens is 3. The number of piperidine rings is 1. The molecule has 2 aromatic heterocycles. The van der Waals surface area contributed by atoms with E-state index in [-0.39, 0.29) is 61.1 Å². The van der Waals surface area contributed by atoms with Crippen molar-refractivity contribution in [2.75, 3.05) is 13.1 Å². The molecule has 40 heavy (non-hydrogen) atoms. The number of thiazole rings is 1. The molecular weight excluding hydrogens is 535 g/mol. The number of carboxylic acid groups (broad SMARTS) is 1. The van der Waals surface area contributed by atoms with Crippen LogP contribution in [0.25, 0.3) is 21.3 Å². The number of likely N-dealkylation sites (tertiary alicyclic amines) is 1. The highest BCUT2D eigenvalue weighted by Gasteiger charge is 2.33. The molecule has 0 spiro atoms. The average molecular weight is 573 g/mol. The van der Waals surface area contributed by atoms with Crippen molar-refractivity contribution >= 4 is 23.2 Å². The van der Waals surface area contributed by atoms with E-state index in [4.69, 9.17) is 4.42 Å². The highest BCUT2D eigenvalue weighted by molar-refractivity contribution is 7.18. The number of carbonyl (C=O) groups is 2. The number of carbonyl (C=O) groups excluding carboxylic acids is 1. The minimum Gasteiger partial charge on any atom is -0.481 e. The molecule has 11 heteroatoms. The van der Waals surface area contributed by atoms with Crippen LogP contribution in [0.2, 0.25) is 0 Å². The lowest BCUT2D eigenvalue weighted by Gasteiger charge is -2.28. The Hall–Kier alpha value is -3.18. The number of alkyl halides is 1. The topological polar surface area (TPSA) is 130 Å². The van der Waals surface area contributed by atoms with Crippen LogP contribution in [0, 0.1) is 5.41 Å². The van der Waals surface area contributed by atoms with Crippen LogP contribution in [-0.2, 0) is 22.2 Å². The van der Waals surface area contributed by atoms with Gasteiger partial charge in [-0.15, -0.1) is 21.5 Å². The number of benzene rings is 1. The smallest absolute Gasteiger partial charge is 0.309 e. The van der Waals surface area contributed by atoms with Crippen molar-refractivity contribution in [3.05, 3.63) is 40.9 Å². The van der Waals surface area contributed by atoms with Crippen LogP contribution < -0.4 is 0 Å². The van der Waals surface area contributed by atoms with Gasteiger partial charge >= 0.3 is 5.97 Å². The van der Waals surface area contributed by atoms with Crippen LogP contribution in [0.15, 0.2) is 22.6 Å². The van der Waals surface area contributed by atoms with Crippen molar-refractivity contribution in [1.29, 1.82) is 0 Å². The van der Waals surface area contributed by atoms with Crippen LogP contribution in [0.1, 0.15) is 88.8 Å². The molecule has 9 nitrogen and oxygen atoms in total. The van der Waals surface area contributed by atoms with Crippen molar-refractivity contribution in [2.24, 2.45) is 5.41 Å². The van der Waals surface area contributed by atoms with Gasteiger partial charge in [0.1, 0.15) is 11.9 Å². The number of carboxylic acids is 1. The summed E-state index contributed by atoms with van der Waals surface area (Å²) in [6, 6.07) is 5.81. The number of aliphatic hydroxyl groups is 1. The van der Waals surface area contributed by atoms with E-state index in [2.05, 4.69) is 36.0 Å². The molecule has 3 heterocycles. The Labute approximate surface area is 237 Å². The Balaban J connectivity index is 1.84. The van der Waals surface area contributed by atoms with Gasteiger partial charge in [0, 0.05) is 19.5 Å². The fraction of sp³-hybridized carbons (Fsp3) is 0.552. The van der Waals surface area contributed by atoms with Crippen LogP contribution in [0.3, 0.4) is 0 Å². The van der Waals surface area contributed by atoms with E-state index >= 15 is 0 Å². The number of halogens is 1. The Bertz CT molecular complexity index is 1380. The molecule has 216 valence electrons. The zero-order chi connectivity index (χ0) is 29.6. The first-order valence-corrected chi connectivity index (χ1v) is 14.2. The molecule has 0 radical (unpaired) electrons. The standard InChI is InChI=1S/C29H37FN4O5S/c1-27(2,3)17-12-16(13-18(14-17)29(6,7)38)22-21(25(35)34-10-8-19(30)9-11-34)31-24(40-22)23-33-32-20(39-23)15-28(4,5)26(36)37/h12-14,19,38H,8-11,15H2,1-7H3,(H,36,37). The minimum absolute atomic E-state index is 0.0279. The monoisotopic (exact) mass is 572 g/mol.